The minimum atomic E-state index is -3.36. The molecule has 5 heteroatoms. The number of hydrogen-bond donors (Lipinski definition) is 0. The van der Waals surface area contributed by atoms with Gasteiger partial charge >= 0.3 is 0 Å². The highest BCUT2D eigenvalue weighted by molar-refractivity contribution is 7.94. The summed E-state index contributed by atoms with van der Waals surface area (Å²) in [5.41, 5.74) is 0.886. The van der Waals surface area contributed by atoms with Gasteiger partial charge in [-0.25, -0.2) is 13.4 Å². The largest absolute Gasteiger partial charge is 0.475 e. The van der Waals surface area contributed by atoms with Crippen LogP contribution in [0.5, 0.6) is 0 Å². The molecule has 0 N–H and O–H groups in total. The van der Waals surface area contributed by atoms with Gasteiger partial charge in [0.25, 0.3) is 0 Å². The molecule has 22 heavy (non-hydrogen) atoms. The molecular formula is C17H25NO3S. The van der Waals surface area contributed by atoms with Crippen molar-refractivity contribution in [2.24, 2.45) is 4.99 Å². The normalized spacial score (nSPS) is 21.9. The standard InChI is InChI=1S/C17H25NO3S/c1-6-17(5,22(19,20)16(2,3)4)14-12-21-15(18-14)13-10-8-7-9-11-13/h7-11,14H,6,12H2,1-5H3/t14-,17-/m1/s1. The number of rotatable bonds is 4. The molecule has 1 aliphatic heterocycles. The van der Waals surface area contributed by atoms with Crippen LogP contribution in [0.1, 0.15) is 46.6 Å². The second-order valence-corrected chi connectivity index (χ2v) is 10.1. The SMILES string of the molecule is CC[C@](C)([C@H]1COC(c2ccccc2)=N1)S(=O)(=O)C(C)(C)C. The van der Waals surface area contributed by atoms with E-state index in [9.17, 15) is 8.42 Å². The van der Waals surface area contributed by atoms with Gasteiger partial charge in [-0.05, 0) is 46.2 Å². The highest BCUT2D eigenvalue weighted by Crippen LogP contribution is 2.37. The lowest BCUT2D eigenvalue weighted by atomic mass is 9.99. The number of ether oxygens (including phenoxy) is 1. The predicted octanol–water partition coefficient (Wildman–Crippen LogP) is 3.21. The minimum absolute atomic E-state index is 0.309. The lowest BCUT2D eigenvalue weighted by molar-refractivity contribution is 0.287. The van der Waals surface area contributed by atoms with Gasteiger partial charge in [-0.1, -0.05) is 25.1 Å². The number of sulfone groups is 1. The van der Waals surface area contributed by atoms with Gasteiger partial charge in [-0.15, -0.1) is 0 Å². The zero-order chi connectivity index (χ0) is 16.6. The van der Waals surface area contributed by atoms with Crippen LogP contribution in [-0.4, -0.2) is 36.5 Å². The third-order valence-electron chi connectivity index (χ3n) is 4.50. The van der Waals surface area contributed by atoms with E-state index in [0.29, 0.717) is 18.9 Å². The van der Waals surface area contributed by atoms with E-state index < -0.39 is 19.3 Å². The molecule has 1 heterocycles. The van der Waals surface area contributed by atoms with Crippen LogP contribution in [0.2, 0.25) is 0 Å². The first-order valence-electron chi connectivity index (χ1n) is 7.63. The van der Waals surface area contributed by atoms with Crippen molar-refractivity contribution < 1.29 is 13.2 Å². The van der Waals surface area contributed by atoms with E-state index in [4.69, 9.17) is 4.74 Å². The molecule has 0 saturated carbocycles. The van der Waals surface area contributed by atoms with Gasteiger partial charge in [0.15, 0.2) is 9.84 Å². The van der Waals surface area contributed by atoms with Crippen molar-refractivity contribution in [1.82, 2.24) is 0 Å². The topological polar surface area (TPSA) is 55.7 Å². The highest BCUT2D eigenvalue weighted by atomic mass is 32.2. The molecule has 1 aromatic carbocycles. The molecule has 4 nitrogen and oxygen atoms in total. The molecule has 1 aromatic rings. The summed E-state index contributed by atoms with van der Waals surface area (Å²) in [6.45, 7) is 9.23. The predicted molar refractivity (Wildman–Crippen MR) is 90.1 cm³/mol. The Bertz CT molecular complexity index is 659. The van der Waals surface area contributed by atoms with E-state index in [1.54, 1.807) is 27.7 Å². The van der Waals surface area contributed by atoms with Crippen LogP contribution in [0.4, 0.5) is 0 Å². The van der Waals surface area contributed by atoms with Crippen LogP contribution in [-0.2, 0) is 14.6 Å². The molecule has 122 valence electrons. The lowest BCUT2D eigenvalue weighted by Crippen LogP contribution is -2.52. The van der Waals surface area contributed by atoms with Gasteiger partial charge < -0.3 is 4.74 Å². The van der Waals surface area contributed by atoms with Crippen LogP contribution in [0.3, 0.4) is 0 Å². The molecule has 1 aliphatic rings. The lowest BCUT2D eigenvalue weighted by Gasteiger charge is -2.37. The van der Waals surface area contributed by atoms with Gasteiger partial charge in [-0.3, -0.25) is 0 Å². The monoisotopic (exact) mass is 323 g/mol. The second kappa shape index (κ2) is 5.69. The molecule has 0 saturated heterocycles. The van der Waals surface area contributed by atoms with E-state index in [2.05, 4.69) is 4.99 Å². The fraction of sp³-hybridized carbons (Fsp3) is 0.588. The maximum absolute atomic E-state index is 13.0. The fourth-order valence-corrected chi connectivity index (χ4v) is 4.99. The Hall–Kier alpha value is -1.36. The molecule has 0 bridgehead atoms. The van der Waals surface area contributed by atoms with Crippen LogP contribution in [0.15, 0.2) is 35.3 Å². The third kappa shape index (κ3) is 2.67. The number of hydrogen-bond acceptors (Lipinski definition) is 4. The van der Waals surface area contributed by atoms with Gasteiger partial charge in [0, 0.05) is 5.56 Å². The Morgan fingerprint density at radius 3 is 2.27 bits per heavy atom. The molecule has 0 spiro atoms. The van der Waals surface area contributed by atoms with Crippen molar-refractivity contribution in [2.45, 2.75) is 56.6 Å². The van der Waals surface area contributed by atoms with E-state index in [-0.39, 0.29) is 6.04 Å². The zero-order valence-electron chi connectivity index (χ0n) is 14.0. The maximum Gasteiger partial charge on any atom is 0.216 e. The molecular weight excluding hydrogens is 298 g/mol. The van der Waals surface area contributed by atoms with E-state index >= 15 is 0 Å². The van der Waals surface area contributed by atoms with Crippen molar-refractivity contribution in [3.63, 3.8) is 0 Å². The summed E-state index contributed by atoms with van der Waals surface area (Å²) < 4.78 is 30.0. The van der Waals surface area contributed by atoms with Crippen molar-refractivity contribution in [3.8, 4) is 0 Å². The number of benzene rings is 1. The molecule has 2 rings (SSSR count). The highest BCUT2D eigenvalue weighted by Gasteiger charge is 2.52. The van der Waals surface area contributed by atoms with E-state index in [0.717, 1.165) is 5.56 Å². The number of nitrogens with zero attached hydrogens (tertiary/aromatic N) is 1. The van der Waals surface area contributed by atoms with Gasteiger partial charge in [-0.2, -0.15) is 0 Å². The third-order valence-corrected chi connectivity index (χ3v) is 7.90. The molecule has 0 aromatic heterocycles. The molecule has 0 aliphatic carbocycles. The quantitative estimate of drug-likeness (QED) is 0.855. The Morgan fingerprint density at radius 2 is 1.77 bits per heavy atom. The summed E-state index contributed by atoms with van der Waals surface area (Å²) in [6, 6.07) is 9.22. The van der Waals surface area contributed by atoms with Crippen LogP contribution in [0.25, 0.3) is 0 Å². The van der Waals surface area contributed by atoms with Crippen LogP contribution >= 0.6 is 0 Å². The Balaban J connectivity index is 2.40. The Kier molecular flexibility index (Phi) is 4.39. The van der Waals surface area contributed by atoms with Crippen molar-refractivity contribution in [1.29, 1.82) is 0 Å². The molecule has 0 radical (unpaired) electrons. The molecule has 0 unspecified atom stereocenters. The molecule has 2 atom stereocenters. The van der Waals surface area contributed by atoms with Crippen molar-refractivity contribution >= 4 is 15.7 Å². The summed E-state index contributed by atoms with van der Waals surface area (Å²) in [4.78, 5) is 4.60. The van der Waals surface area contributed by atoms with Crippen molar-refractivity contribution in [3.05, 3.63) is 35.9 Å². The van der Waals surface area contributed by atoms with Crippen LogP contribution in [0, 0.1) is 0 Å². The average Bonchev–Trinajstić information content (AvgIpc) is 2.96. The van der Waals surface area contributed by atoms with Gasteiger partial charge in [0.2, 0.25) is 5.90 Å². The summed E-state index contributed by atoms with van der Waals surface area (Å²) in [7, 11) is -3.36. The van der Waals surface area contributed by atoms with Gasteiger partial charge in [0.1, 0.15) is 12.6 Å². The smallest absolute Gasteiger partial charge is 0.216 e. The van der Waals surface area contributed by atoms with Crippen molar-refractivity contribution in [2.75, 3.05) is 6.61 Å². The summed E-state index contributed by atoms with van der Waals surface area (Å²) in [5, 5.41) is 0. The summed E-state index contributed by atoms with van der Waals surface area (Å²) in [6.07, 6.45) is 0.506. The summed E-state index contributed by atoms with van der Waals surface area (Å²) in [5.74, 6) is 0.536. The first-order chi connectivity index (χ1) is 10.1. The zero-order valence-corrected chi connectivity index (χ0v) is 14.8. The molecule has 0 amide bonds. The first kappa shape index (κ1) is 17.0. The maximum atomic E-state index is 13.0. The average molecular weight is 323 g/mol. The van der Waals surface area contributed by atoms with E-state index in [1.165, 1.54) is 0 Å². The molecule has 0 fully saturated rings. The van der Waals surface area contributed by atoms with Crippen LogP contribution < -0.4 is 0 Å². The fourth-order valence-electron chi connectivity index (χ4n) is 2.73. The van der Waals surface area contributed by atoms with E-state index in [1.807, 2.05) is 37.3 Å². The summed E-state index contributed by atoms with van der Waals surface area (Å²) >= 11 is 0. The van der Waals surface area contributed by atoms with Gasteiger partial charge in [0.05, 0.1) is 9.49 Å². The Morgan fingerprint density at radius 1 is 1.18 bits per heavy atom. The Labute approximate surface area is 133 Å². The second-order valence-electron chi connectivity index (χ2n) is 6.91. The number of aliphatic imine (C=N–C) groups is 1. The first-order valence-corrected chi connectivity index (χ1v) is 9.12. The minimum Gasteiger partial charge on any atom is -0.475 e.